The molecule has 2 N–H and O–H groups in total. The minimum absolute atomic E-state index is 0.123. The Balaban J connectivity index is 2.08. The molecule has 5 nitrogen and oxygen atoms in total. The van der Waals surface area contributed by atoms with Crippen molar-refractivity contribution in [2.45, 2.75) is 46.2 Å². The number of hydrogen-bond acceptors (Lipinski definition) is 3. The number of urea groups is 1. The van der Waals surface area contributed by atoms with E-state index in [-0.39, 0.29) is 11.6 Å². The maximum absolute atomic E-state index is 13.9. The van der Waals surface area contributed by atoms with Crippen molar-refractivity contribution in [3.8, 4) is 0 Å². The summed E-state index contributed by atoms with van der Waals surface area (Å²) in [6, 6.07) is 1.77. The molecule has 130 valence electrons. The fourth-order valence-corrected chi connectivity index (χ4v) is 2.76. The van der Waals surface area contributed by atoms with E-state index in [4.69, 9.17) is 4.52 Å². The minimum atomic E-state index is -0.627. The quantitative estimate of drug-likeness (QED) is 0.864. The first-order valence-corrected chi connectivity index (χ1v) is 7.78. The van der Waals surface area contributed by atoms with Crippen LogP contribution in [0.25, 0.3) is 0 Å². The second kappa shape index (κ2) is 7.42. The molecule has 0 aliphatic heterocycles. The van der Waals surface area contributed by atoms with E-state index in [1.54, 1.807) is 27.7 Å². The van der Waals surface area contributed by atoms with E-state index in [1.807, 2.05) is 0 Å². The number of aromatic nitrogens is 1. The Bertz CT molecular complexity index is 711. The maximum atomic E-state index is 13.9. The Morgan fingerprint density at radius 1 is 1.29 bits per heavy atom. The van der Waals surface area contributed by atoms with Gasteiger partial charge in [0.05, 0.1) is 17.8 Å². The van der Waals surface area contributed by atoms with Crippen molar-refractivity contribution in [1.82, 2.24) is 15.8 Å². The number of carbonyl (C=O) groups excluding carboxylic acids is 1. The molecule has 24 heavy (non-hydrogen) atoms. The number of rotatable bonds is 5. The average molecular weight is 337 g/mol. The van der Waals surface area contributed by atoms with Crippen molar-refractivity contribution in [1.29, 1.82) is 0 Å². The molecule has 0 radical (unpaired) electrons. The molecule has 2 amide bonds. The van der Waals surface area contributed by atoms with E-state index in [0.717, 1.165) is 23.8 Å². The Labute approximate surface area is 139 Å². The summed E-state index contributed by atoms with van der Waals surface area (Å²) in [5.41, 5.74) is 1.62. The van der Waals surface area contributed by atoms with Crippen molar-refractivity contribution < 1.29 is 18.1 Å². The Morgan fingerprint density at radius 2 is 2.00 bits per heavy atom. The first kappa shape index (κ1) is 17.9. The van der Waals surface area contributed by atoms with E-state index in [0.29, 0.717) is 17.9 Å². The van der Waals surface area contributed by atoms with Crippen molar-refractivity contribution in [3.63, 3.8) is 0 Å². The molecule has 0 aliphatic rings. The lowest BCUT2D eigenvalue weighted by Crippen LogP contribution is -2.39. The van der Waals surface area contributed by atoms with Gasteiger partial charge in [-0.15, -0.1) is 0 Å². The van der Waals surface area contributed by atoms with Crippen LogP contribution in [-0.4, -0.2) is 11.2 Å². The van der Waals surface area contributed by atoms with Gasteiger partial charge < -0.3 is 15.2 Å². The van der Waals surface area contributed by atoms with Crippen LogP contribution in [0.3, 0.4) is 0 Å². The average Bonchev–Trinajstić information content (AvgIpc) is 2.86. The summed E-state index contributed by atoms with van der Waals surface area (Å²) in [5.74, 6) is -0.470. The van der Waals surface area contributed by atoms with Crippen LogP contribution >= 0.6 is 0 Å². The molecular weight excluding hydrogens is 316 g/mol. The van der Waals surface area contributed by atoms with Crippen molar-refractivity contribution in [2.24, 2.45) is 0 Å². The zero-order chi connectivity index (χ0) is 17.9. The third kappa shape index (κ3) is 3.90. The zero-order valence-corrected chi connectivity index (χ0v) is 14.1. The number of aryl methyl sites for hydroxylation is 2. The number of benzene rings is 1. The molecule has 0 bridgehead atoms. The van der Waals surface area contributed by atoms with Gasteiger partial charge in [-0.05, 0) is 45.4 Å². The van der Waals surface area contributed by atoms with Crippen LogP contribution in [0.15, 0.2) is 22.7 Å². The second-order valence-corrected chi connectivity index (χ2v) is 5.70. The standard InChI is InChI=1S/C17H21F2N3O2/c1-5-15(13-8-12(18)6-7-14(13)19)21-17(23)20-9(2)16-10(3)22-24-11(16)4/h6-9,15H,5H2,1-4H3,(H2,20,21,23)/t9-,15-/m0/s1. The molecule has 0 fully saturated rings. The predicted octanol–water partition coefficient (Wildman–Crippen LogP) is 4.08. The van der Waals surface area contributed by atoms with E-state index >= 15 is 0 Å². The molecule has 0 saturated carbocycles. The van der Waals surface area contributed by atoms with Gasteiger partial charge in [0.2, 0.25) is 0 Å². The highest BCUT2D eigenvalue weighted by Crippen LogP contribution is 2.23. The lowest BCUT2D eigenvalue weighted by Gasteiger charge is -2.21. The SMILES string of the molecule is CC[C@H](NC(=O)N[C@@H](C)c1c(C)noc1C)c1cc(F)ccc1F. The fourth-order valence-electron chi connectivity index (χ4n) is 2.76. The molecule has 0 saturated heterocycles. The van der Waals surface area contributed by atoms with Crippen LogP contribution in [0.4, 0.5) is 13.6 Å². The molecule has 7 heteroatoms. The molecule has 2 aromatic rings. The van der Waals surface area contributed by atoms with Gasteiger partial charge in [0, 0.05) is 11.1 Å². The maximum Gasteiger partial charge on any atom is 0.315 e. The Morgan fingerprint density at radius 3 is 2.58 bits per heavy atom. The van der Waals surface area contributed by atoms with Crippen molar-refractivity contribution in [3.05, 3.63) is 52.4 Å². The van der Waals surface area contributed by atoms with Gasteiger partial charge in [-0.2, -0.15) is 0 Å². The first-order chi connectivity index (χ1) is 11.3. The molecule has 1 aromatic heterocycles. The van der Waals surface area contributed by atoms with Crippen LogP contribution in [0.5, 0.6) is 0 Å². The second-order valence-electron chi connectivity index (χ2n) is 5.70. The number of hydrogen-bond donors (Lipinski definition) is 2. The summed E-state index contributed by atoms with van der Waals surface area (Å²) in [6.45, 7) is 7.14. The lowest BCUT2D eigenvalue weighted by molar-refractivity contribution is 0.233. The molecule has 1 heterocycles. The summed E-state index contributed by atoms with van der Waals surface area (Å²) in [5, 5.41) is 9.29. The highest BCUT2D eigenvalue weighted by atomic mass is 19.1. The molecule has 0 spiro atoms. The number of halogens is 2. The summed E-state index contributed by atoms with van der Waals surface area (Å²) >= 11 is 0. The van der Waals surface area contributed by atoms with E-state index < -0.39 is 23.7 Å². The van der Waals surface area contributed by atoms with Gasteiger partial charge in [-0.1, -0.05) is 12.1 Å². The van der Waals surface area contributed by atoms with Crippen LogP contribution in [0, 0.1) is 25.5 Å². The van der Waals surface area contributed by atoms with E-state index in [1.165, 1.54) is 0 Å². The minimum Gasteiger partial charge on any atom is -0.361 e. The summed E-state index contributed by atoms with van der Waals surface area (Å²) in [6.07, 6.45) is 0.424. The third-order valence-corrected chi connectivity index (χ3v) is 3.92. The molecule has 0 aliphatic carbocycles. The highest BCUT2D eigenvalue weighted by molar-refractivity contribution is 5.75. The number of nitrogens with one attached hydrogen (secondary N) is 2. The predicted molar refractivity (Wildman–Crippen MR) is 85.4 cm³/mol. The smallest absolute Gasteiger partial charge is 0.315 e. The Kier molecular flexibility index (Phi) is 5.54. The van der Waals surface area contributed by atoms with Gasteiger partial charge in [-0.25, -0.2) is 13.6 Å². The van der Waals surface area contributed by atoms with Gasteiger partial charge in [-0.3, -0.25) is 0 Å². The van der Waals surface area contributed by atoms with Gasteiger partial charge in [0.15, 0.2) is 0 Å². The Hall–Kier alpha value is -2.44. The fraction of sp³-hybridized carbons (Fsp3) is 0.412. The van der Waals surface area contributed by atoms with E-state index in [9.17, 15) is 13.6 Å². The first-order valence-electron chi connectivity index (χ1n) is 7.78. The lowest BCUT2D eigenvalue weighted by atomic mass is 10.0. The molecule has 2 atom stereocenters. The van der Waals surface area contributed by atoms with Crippen LogP contribution in [0.1, 0.15) is 54.9 Å². The van der Waals surface area contributed by atoms with E-state index in [2.05, 4.69) is 15.8 Å². The highest BCUT2D eigenvalue weighted by Gasteiger charge is 2.21. The molecule has 1 aromatic carbocycles. The van der Waals surface area contributed by atoms with Crippen molar-refractivity contribution in [2.75, 3.05) is 0 Å². The number of carbonyl (C=O) groups is 1. The van der Waals surface area contributed by atoms with Gasteiger partial charge >= 0.3 is 6.03 Å². The van der Waals surface area contributed by atoms with Gasteiger partial charge in [0.25, 0.3) is 0 Å². The van der Waals surface area contributed by atoms with Crippen LogP contribution < -0.4 is 10.6 Å². The number of nitrogens with zero attached hydrogens (tertiary/aromatic N) is 1. The molecule has 2 rings (SSSR count). The topological polar surface area (TPSA) is 67.2 Å². The third-order valence-electron chi connectivity index (χ3n) is 3.92. The summed E-state index contributed by atoms with van der Waals surface area (Å²) < 4.78 is 32.3. The van der Waals surface area contributed by atoms with Crippen LogP contribution in [0.2, 0.25) is 0 Å². The summed E-state index contributed by atoms with van der Waals surface area (Å²) in [4.78, 5) is 12.2. The normalized spacial score (nSPS) is 13.4. The molecule has 0 unspecified atom stereocenters. The zero-order valence-electron chi connectivity index (χ0n) is 14.1. The molecular formula is C17H21F2N3O2. The number of amides is 2. The van der Waals surface area contributed by atoms with Gasteiger partial charge in [0.1, 0.15) is 17.4 Å². The largest absolute Gasteiger partial charge is 0.361 e. The van der Waals surface area contributed by atoms with Crippen LogP contribution in [-0.2, 0) is 0 Å². The monoisotopic (exact) mass is 337 g/mol. The van der Waals surface area contributed by atoms with Crippen molar-refractivity contribution >= 4 is 6.03 Å². The summed E-state index contributed by atoms with van der Waals surface area (Å²) in [7, 11) is 0.